The van der Waals surface area contributed by atoms with Gasteiger partial charge >= 0.3 is 0 Å². The molecule has 3 aromatic rings. The molecule has 4 nitrogen and oxygen atoms in total. The number of nitrogens with zero attached hydrogens (tertiary/aromatic N) is 1. The number of pyridine rings is 1. The standard InChI is InChI=1S/C28H32N2O2/c1-19(26-15-14-23(17-29-26)32-18-20-8-6-5-7-9-20)30-27(31)25-16-24(25)21-10-12-22(13-11-21)28(2,3)4/h5-15,17,19,24-25H,16,18H2,1-4H3,(H,30,31)/t19?,24-,25+/m0/s1. The van der Waals surface area contributed by atoms with Gasteiger partial charge in [0.2, 0.25) is 5.91 Å². The normalized spacial score (nSPS) is 18.6. The van der Waals surface area contributed by atoms with Crippen LogP contribution in [-0.4, -0.2) is 10.9 Å². The van der Waals surface area contributed by atoms with Crippen molar-refractivity contribution >= 4 is 5.91 Å². The molecule has 1 amide bonds. The summed E-state index contributed by atoms with van der Waals surface area (Å²) in [6, 6.07) is 22.5. The molecule has 32 heavy (non-hydrogen) atoms. The van der Waals surface area contributed by atoms with Gasteiger partial charge in [0, 0.05) is 5.92 Å². The van der Waals surface area contributed by atoms with Crippen LogP contribution in [0.4, 0.5) is 0 Å². The average molecular weight is 429 g/mol. The number of rotatable bonds is 7. The first-order valence-corrected chi connectivity index (χ1v) is 11.3. The molecule has 1 heterocycles. The average Bonchev–Trinajstić information content (AvgIpc) is 3.59. The highest BCUT2D eigenvalue weighted by molar-refractivity contribution is 5.83. The fraction of sp³-hybridized carbons (Fsp3) is 0.357. The van der Waals surface area contributed by atoms with Gasteiger partial charge in [-0.05, 0) is 53.5 Å². The molecule has 1 aliphatic carbocycles. The van der Waals surface area contributed by atoms with Crippen LogP contribution in [0, 0.1) is 5.92 Å². The first-order valence-electron chi connectivity index (χ1n) is 11.3. The van der Waals surface area contributed by atoms with Gasteiger partial charge in [0.05, 0.1) is 17.9 Å². The number of carbonyl (C=O) groups excluding carboxylic acids is 1. The van der Waals surface area contributed by atoms with E-state index in [0.717, 1.165) is 23.4 Å². The van der Waals surface area contributed by atoms with Crippen LogP contribution in [-0.2, 0) is 16.8 Å². The van der Waals surface area contributed by atoms with E-state index in [4.69, 9.17) is 4.74 Å². The molecule has 3 atom stereocenters. The Kier molecular flexibility index (Phi) is 6.31. The molecule has 1 unspecified atom stereocenters. The van der Waals surface area contributed by atoms with E-state index in [1.54, 1.807) is 6.20 Å². The zero-order valence-electron chi connectivity index (χ0n) is 19.3. The minimum absolute atomic E-state index is 0.0476. The monoisotopic (exact) mass is 428 g/mol. The van der Waals surface area contributed by atoms with Crippen LogP contribution in [0.3, 0.4) is 0 Å². The first kappa shape index (κ1) is 22.1. The molecule has 1 N–H and O–H groups in total. The van der Waals surface area contributed by atoms with E-state index in [9.17, 15) is 4.79 Å². The number of aromatic nitrogens is 1. The molecule has 0 radical (unpaired) electrons. The lowest BCUT2D eigenvalue weighted by Gasteiger charge is -2.19. The first-order chi connectivity index (χ1) is 15.3. The van der Waals surface area contributed by atoms with Gasteiger partial charge in [-0.1, -0.05) is 75.4 Å². The largest absolute Gasteiger partial charge is 0.487 e. The fourth-order valence-corrected chi connectivity index (χ4v) is 3.95. The summed E-state index contributed by atoms with van der Waals surface area (Å²) in [7, 11) is 0. The molecule has 4 rings (SSSR count). The van der Waals surface area contributed by atoms with Crippen molar-refractivity contribution in [3.8, 4) is 5.75 Å². The summed E-state index contributed by atoms with van der Waals surface area (Å²) in [6.07, 6.45) is 2.63. The maximum absolute atomic E-state index is 12.8. The highest BCUT2D eigenvalue weighted by Crippen LogP contribution is 2.48. The van der Waals surface area contributed by atoms with Crippen molar-refractivity contribution in [1.82, 2.24) is 10.3 Å². The highest BCUT2D eigenvalue weighted by Gasteiger charge is 2.44. The third kappa shape index (κ3) is 5.37. The zero-order valence-corrected chi connectivity index (χ0v) is 19.3. The second-order valence-electron chi connectivity index (χ2n) is 9.74. The lowest BCUT2D eigenvalue weighted by molar-refractivity contribution is -0.123. The van der Waals surface area contributed by atoms with Gasteiger partial charge in [-0.3, -0.25) is 9.78 Å². The number of benzene rings is 2. The molecule has 4 heteroatoms. The Morgan fingerprint density at radius 2 is 1.78 bits per heavy atom. The van der Waals surface area contributed by atoms with E-state index in [1.165, 1.54) is 11.1 Å². The number of carbonyl (C=O) groups is 1. The van der Waals surface area contributed by atoms with E-state index in [1.807, 2.05) is 49.4 Å². The maximum atomic E-state index is 12.8. The van der Waals surface area contributed by atoms with E-state index in [0.29, 0.717) is 12.5 Å². The van der Waals surface area contributed by atoms with Gasteiger partial charge in [-0.25, -0.2) is 0 Å². The summed E-state index contributed by atoms with van der Waals surface area (Å²) in [4.78, 5) is 17.3. The molecular weight excluding hydrogens is 396 g/mol. The van der Waals surface area contributed by atoms with Gasteiger partial charge < -0.3 is 10.1 Å². The van der Waals surface area contributed by atoms with E-state index < -0.39 is 0 Å². The van der Waals surface area contributed by atoms with Crippen molar-refractivity contribution in [2.45, 2.75) is 58.1 Å². The Hall–Kier alpha value is -3.14. The minimum Gasteiger partial charge on any atom is -0.487 e. The molecule has 1 fully saturated rings. The van der Waals surface area contributed by atoms with E-state index in [2.05, 4.69) is 55.3 Å². The van der Waals surface area contributed by atoms with Gasteiger partial charge in [-0.15, -0.1) is 0 Å². The smallest absolute Gasteiger partial charge is 0.224 e. The SMILES string of the molecule is CC(NC(=O)[C@@H]1C[C@H]1c1ccc(C(C)(C)C)cc1)c1ccc(OCc2ccccc2)cn1. The summed E-state index contributed by atoms with van der Waals surface area (Å²) in [6.45, 7) is 9.13. The molecule has 1 saturated carbocycles. The lowest BCUT2D eigenvalue weighted by atomic mass is 9.86. The molecule has 0 saturated heterocycles. The highest BCUT2D eigenvalue weighted by atomic mass is 16.5. The van der Waals surface area contributed by atoms with Crippen molar-refractivity contribution in [3.63, 3.8) is 0 Å². The van der Waals surface area contributed by atoms with Crippen molar-refractivity contribution in [2.24, 2.45) is 5.92 Å². The molecule has 166 valence electrons. The van der Waals surface area contributed by atoms with Crippen molar-refractivity contribution in [1.29, 1.82) is 0 Å². The number of amides is 1. The third-order valence-corrected chi connectivity index (χ3v) is 6.14. The third-order valence-electron chi connectivity index (χ3n) is 6.14. The Bertz CT molecular complexity index is 1040. The van der Waals surface area contributed by atoms with Gasteiger partial charge in [-0.2, -0.15) is 0 Å². The number of hydrogen-bond donors (Lipinski definition) is 1. The summed E-state index contributed by atoms with van der Waals surface area (Å²) in [5.74, 6) is 1.19. The Balaban J connectivity index is 1.28. The van der Waals surface area contributed by atoms with Crippen LogP contribution in [0.15, 0.2) is 72.9 Å². The summed E-state index contributed by atoms with van der Waals surface area (Å²) < 4.78 is 5.80. The van der Waals surface area contributed by atoms with Crippen LogP contribution in [0.2, 0.25) is 0 Å². The Morgan fingerprint density at radius 1 is 1.06 bits per heavy atom. The second kappa shape index (κ2) is 9.15. The molecule has 1 aliphatic rings. The van der Waals surface area contributed by atoms with Crippen LogP contribution in [0.5, 0.6) is 5.75 Å². The molecule has 2 aromatic carbocycles. The quantitative estimate of drug-likeness (QED) is 0.507. The van der Waals surface area contributed by atoms with Gasteiger partial charge in [0.25, 0.3) is 0 Å². The molecular formula is C28H32N2O2. The summed E-state index contributed by atoms with van der Waals surface area (Å²) in [5.41, 5.74) is 4.66. The van der Waals surface area contributed by atoms with Crippen LogP contribution in [0.25, 0.3) is 0 Å². The lowest BCUT2D eigenvalue weighted by Crippen LogP contribution is -2.28. The molecule has 1 aromatic heterocycles. The van der Waals surface area contributed by atoms with Crippen molar-refractivity contribution in [2.75, 3.05) is 0 Å². The fourth-order valence-electron chi connectivity index (χ4n) is 3.95. The topological polar surface area (TPSA) is 51.2 Å². The van der Waals surface area contributed by atoms with Gasteiger partial charge in [0.15, 0.2) is 0 Å². The second-order valence-corrected chi connectivity index (χ2v) is 9.74. The summed E-state index contributed by atoms with van der Waals surface area (Å²) in [5, 5.41) is 3.13. The van der Waals surface area contributed by atoms with E-state index >= 15 is 0 Å². The number of ether oxygens (including phenoxy) is 1. The van der Waals surface area contributed by atoms with Crippen LogP contribution in [0.1, 0.15) is 68.5 Å². The predicted molar refractivity (Wildman–Crippen MR) is 128 cm³/mol. The maximum Gasteiger partial charge on any atom is 0.224 e. The predicted octanol–water partition coefficient (Wildman–Crippen LogP) is 5.94. The Morgan fingerprint density at radius 3 is 2.41 bits per heavy atom. The molecule has 0 bridgehead atoms. The minimum atomic E-state index is -0.143. The van der Waals surface area contributed by atoms with Crippen LogP contribution < -0.4 is 10.1 Å². The number of hydrogen-bond acceptors (Lipinski definition) is 3. The zero-order chi connectivity index (χ0) is 22.7. The molecule has 0 aliphatic heterocycles. The van der Waals surface area contributed by atoms with Crippen LogP contribution >= 0.6 is 0 Å². The number of nitrogens with one attached hydrogen (secondary N) is 1. The Labute approximate surface area is 191 Å². The van der Waals surface area contributed by atoms with Gasteiger partial charge in [0.1, 0.15) is 12.4 Å². The van der Waals surface area contributed by atoms with Crippen molar-refractivity contribution < 1.29 is 9.53 Å². The van der Waals surface area contributed by atoms with Crippen molar-refractivity contribution in [3.05, 3.63) is 95.3 Å². The van der Waals surface area contributed by atoms with E-state index in [-0.39, 0.29) is 23.3 Å². The summed E-state index contributed by atoms with van der Waals surface area (Å²) >= 11 is 0. The molecule has 0 spiro atoms.